The van der Waals surface area contributed by atoms with Gasteiger partial charge in [-0.05, 0) is 45.2 Å². The zero-order valence-corrected chi connectivity index (χ0v) is 11.6. The van der Waals surface area contributed by atoms with Gasteiger partial charge in [-0.2, -0.15) is 0 Å². The average Bonchev–Trinajstić information content (AvgIpc) is 2.75. The molecule has 0 aliphatic carbocycles. The minimum atomic E-state index is -2.91. The topological polar surface area (TPSA) is 55.4 Å². The Morgan fingerprint density at radius 2 is 2.12 bits per heavy atom. The van der Waals surface area contributed by atoms with Gasteiger partial charge in [-0.25, -0.2) is 8.42 Å². The van der Waals surface area contributed by atoms with Crippen LogP contribution in [0.2, 0.25) is 0 Å². The van der Waals surface area contributed by atoms with Crippen molar-refractivity contribution in [3.63, 3.8) is 0 Å². The number of hydrogen-bond acceptors (Lipinski definition) is 4. The van der Waals surface area contributed by atoms with Crippen LogP contribution in [0.4, 0.5) is 0 Å². The van der Waals surface area contributed by atoms with E-state index in [9.17, 15) is 8.42 Å². The lowest BCUT2D eigenvalue weighted by atomic mass is 10.3. The van der Waals surface area contributed by atoms with E-state index in [2.05, 4.69) is 12.2 Å². The highest BCUT2D eigenvalue weighted by Gasteiger charge is 2.22. The fourth-order valence-electron chi connectivity index (χ4n) is 2.02. The first kappa shape index (κ1) is 14.9. The van der Waals surface area contributed by atoms with Crippen LogP contribution >= 0.6 is 0 Å². The third-order valence-corrected chi connectivity index (χ3v) is 4.74. The molecule has 0 aromatic heterocycles. The van der Waals surface area contributed by atoms with Gasteiger partial charge in [-0.1, -0.05) is 6.92 Å². The summed E-state index contributed by atoms with van der Waals surface area (Å²) in [7, 11) is -2.91. The normalized spacial score (nSPS) is 20.9. The molecular formula is C12H25NO3S. The Hall–Kier alpha value is -0.130. The Balaban J connectivity index is 2.07. The Bertz CT molecular complexity index is 284. The summed E-state index contributed by atoms with van der Waals surface area (Å²) in [4.78, 5) is 0. The number of nitrogens with one attached hydrogen (secondary N) is 1. The van der Waals surface area contributed by atoms with E-state index in [1.54, 1.807) is 0 Å². The second kappa shape index (κ2) is 8.06. The molecule has 102 valence electrons. The van der Waals surface area contributed by atoms with Gasteiger partial charge < -0.3 is 10.1 Å². The van der Waals surface area contributed by atoms with Crippen molar-refractivity contribution >= 4 is 9.84 Å². The van der Waals surface area contributed by atoms with Crippen LogP contribution in [0.1, 0.15) is 39.0 Å². The quantitative estimate of drug-likeness (QED) is 0.638. The van der Waals surface area contributed by atoms with Gasteiger partial charge in [-0.3, -0.25) is 0 Å². The number of ether oxygens (including phenoxy) is 1. The molecule has 0 amide bonds. The van der Waals surface area contributed by atoms with Gasteiger partial charge in [0.05, 0.1) is 17.6 Å². The molecule has 1 atom stereocenters. The second-order valence-corrected chi connectivity index (χ2v) is 6.94. The average molecular weight is 263 g/mol. The van der Waals surface area contributed by atoms with Crippen LogP contribution in [0, 0.1) is 0 Å². The maximum atomic E-state index is 11.8. The highest BCUT2D eigenvalue weighted by atomic mass is 32.2. The van der Waals surface area contributed by atoms with E-state index in [4.69, 9.17) is 4.74 Å². The van der Waals surface area contributed by atoms with E-state index in [0.717, 1.165) is 51.8 Å². The van der Waals surface area contributed by atoms with Crippen molar-refractivity contribution < 1.29 is 13.2 Å². The predicted octanol–water partition coefficient (Wildman–Crippen LogP) is 1.36. The van der Waals surface area contributed by atoms with Crippen LogP contribution < -0.4 is 5.32 Å². The Morgan fingerprint density at radius 3 is 2.76 bits per heavy atom. The van der Waals surface area contributed by atoms with E-state index in [-0.39, 0.29) is 11.9 Å². The Kier molecular flexibility index (Phi) is 7.08. The smallest absolute Gasteiger partial charge is 0.152 e. The molecule has 4 nitrogen and oxygen atoms in total. The van der Waals surface area contributed by atoms with Gasteiger partial charge in [0, 0.05) is 6.61 Å². The minimum absolute atomic E-state index is 0.0433. The summed E-state index contributed by atoms with van der Waals surface area (Å²) >= 11 is 0. The first-order valence-corrected chi connectivity index (χ1v) is 8.49. The van der Waals surface area contributed by atoms with Crippen LogP contribution in [-0.4, -0.2) is 45.7 Å². The Morgan fingerprint density at radius 1 is 1.29 bits per heavy atom. The molecule has 0 aromatic carbocycles. The largest absolute Gasteiger partial charge is 0.377 e. The first-order valence-electron chi connectivity index (χ1n) is 6.67. The van der Waals surface area contributed by atoms with Gasteiger partial charge in [0.25, 0.3) is 0 Å². The van der Waals surface area contributed by atoms with Crippen LogP contribution in [0.3, 0.4) is 0 Å². The van der Waals surface area contributed by atoms with Gasteiger partial charge in [-0.15, -0.1) is 0 Å². The predicted molar refractivity (Wildman–Crippen MR) is 70.0 cm³/mol. The molecule has 1 unspecified atom stereocenters. The molecular weight excluding hydrogens is 238 g/mol. The third kappa shape index (κ3) is 7.01. The number of unbranched alkanes of at least 4 members (excludes halogenated alkanes) is 1. The van der Waals surface area contributed by atoms with E-state index in [1.807, 2.05) is 0 Å². The van der Waals surface area contributed by atoms with Crippen molar-refractivity contribution in [2.45, 2.75) is 45.1 Å². The van der Waals surface area contributed by atoms with Crippen LogP contribution in [0.15, 0.2) is 0 Å². The molecule has 1 aliphatic rings. The summed E-state index contributed by atoms with van der Waals surface area (Å²) < 4.78 is 28.9. The van der Waals surface area contributed by atoms with Crippen molar-refractivity contribution in [3.8, 4) is 0 Å². The molecule has 0 bridgehead atoms. The standard InChI is InChI=1S/C12H25NO3S/c1-2-7-13-8-3-4-10-17(14,15)11-12-6-5-9-16-12/h12-13H,2-11H2,1H3. The highest BCUT2D eigenvalue weighted by molar-refractivity contribution is 7.91. The maximum absolute atomic E-state index is 11.8. The van der Waals surface area contributed by atoms with Gasteiger partial charge in [0.2, 0.25) is 0 Å². The summed E-state index contributed by atoms with van der Waals surface area (Å²) in [6.45, 7) is 4.78. The van der Waals surface area contributed by atoms with Crippen LogP contribution in [0.25, 0.3) is 0 Å². The number of rotatable bonds is 9. The molecule has 1 rings (SSSR count). The molecule has 0 aromatic rings. The van der Waals surface area contributed by atoms with Crippen LogP contribution in [-0.2, 0) is 14.6 Å². The summed E-state index contributed by atoms with van der Waals surface area (Å²) in [6, 6.07) is 0. The summed E-state index contributed by atoms with van der Waals surface area (Å²) in [6.07, 6.45) is 4.67. The van der Waals surface area contributed by atoms with E-state index in [1.165, 1.54) is 0 Å². The molecule has 0 radical (unpaired) electrons. The lowest BCUT2D eigenvalue weighted by molar-refractivity contribution is 0.127. The van der Waals surface area contributed by atoms with Gasteiger partial charge in [0.1, 0.15) is 0 Å². The maximum Gasteiger partial charge on any atom is 0.152 e. The molecule has 0 saturated carbocycles. The number of hydrogen-bond donors (Lipinski definition) is 1. The molecule has 1 aliphatic heterocycles. The van der Waals surface area contributed by atoms with Crippen LogP contribution in [0.5, 0.6) is 0 Å². The zero-order valence-electron chi connectivity index (χ0n) is 10.8. The van der Waals surface area contributed by atoms with E-state index >= 15 is 0 Å². The molecule has 1 fully saturated rings. The fourth-order valence-corrected chi connectivity index (χ4v) is 3.66. The molecule has 1 N–H and O–H groups in total. The van der Waals surface area contributed by atoms with E-state index < -0.39 is 9.84 Å². The van der Waals surface area contributed by atoms with Crippen molar-refractivity contribution in [2.75, 3.05) is 31.2 Å². The zero-order chi connectivity index (χ0) is 12.6. The lowest BCUT2D eigenvalue weighted by Crippen LogP contribution is -2.23. The second-order valence-electron chi connectivity index (χ2n) is 4.71. The molecule has 1 heterocycles. The summed E-state index contributed by atoms with van der Waals surface area (Å²) in [5.41, 5.74) is 0. The van der Waals surface area contributed by atoms with Gasteiger partial charge in [0.15, 0.2) is 9.84 Å². The van der Waals surface area contributed by atoms with Crippen molar-refractivity contribution in [3.05, 3.63) is 0 Å². The molecule has 17 heavy (non-hydrogen) atoms. The Labute approximate surface area is 105 Å². The first-order chi connectivity index (χ1) is 8.14. The SMILES string of the molecule is CCCNCCCCS(=O)(=O)CC1CCCO1. The molecule has 5 heteroatoms. The lowest BCUT2D eigenvalue weighted by Gasteiger charge is -2.10. The summed E-state index contributed by atoms with van der Waals surface area (Å²) in [5.74, 6) is 0.524. The highest BCUT2D eigenvalue weighted by Crippen LogP contribution is 2.14. The molecule has 0 spiro atoms. The minimum Gasteiger partial charge on any atom is -0.377 e. The van der Waals surface area contributed by atoms with E-state index in [0.29, 0.717) is 5.75 Å². The van der Waals surface area contributed by atoms with Crippen molar-refractivity contribution in [2.24, 2.45) is 0 Å². The summed E-state index contributed by atoms with van der Waals surface area (Å²) in [5, 5.41) is 3.27. The van der Waals surface area contributed by atoms with Gasteiger partial charge >= 0.3 is 0 Å². The fraction of sp³-hybridized carbons (Fsp3) is 1.00. The van der Waals surface area contributed by atoms with Crippen molar-refractivity contribution in [1.82, 2.24) is 5.32 Å². The monoisotopic (exact) mass is 263 g/mol. The van der Waals surface area contributed by atoms with Crippen molar-refractivity contribution in [1.29, 1.82) is 0 Å². The molecule has 1 saturated heterocycles. The number of sulfone groups is 1. The third-order valence-electron chi connectivity index (χ3n) is 2.95.